The molecule has 4 rings (SSSR count). The van der Waals surface area contributed by atoms with Crippen LogP contribution in [0.1, 0.15) is 17.4 Å². The van der Waals surface area contributed by atoms with Gasteiger partial charge in [-0.15, -0.1) is 11.3 Å². The normalized spacial score (nSPS) is 10.4. The third-order valence-corrected chi connectivity index (χ3v) is 5.00. The fourth-order valence-corrected chi connectivity index (χ4v) is 3.50. The second-order valence-corrected chi connectivity index (χ2v) is 7.37. The average molecular weight is 432 g/mol. The second kappa shape index (κ2) is 9.77. The molecule has 0 saturated carbocycles. The smallest absolute Gasteiger partial charge is 0.275 e. The molecule has 7 heteroatoms. The second-order valence-electron chi connectivity index (χ2n) is 6.51. The van der Waals surface area contributed by atoms with Gasteiger partial charge in [-0.1, -0.05) is 18.2 Å². The molecule has 0 radical (unpaired) electrons. The lowest BCUT2D eigenvalue weighted by atomic mass is 10.3. The molecule has 0 aliphatic carbocycles. The van der Waals surface area contributed by atoms with Crippen molar-refractivity contribution in [1.82, 2.24) is 4.98 Å². The van der Waals surface area contributed by atoms with Crippen LogP contribution in [0.5, 0.6) is 17.2 Å². The quantitative estimate of drug-likeness (QED) is 0.341. The van der Waals surface area contributed by atoms with Gasteiger partial charge in [0, 0.05) is 16.8 Å². The number of benzene rings is 3. The van der Waals surface area contributed by atoms with Gasteiger partial charge in [-0.2, -0.15) is 0 Å². The molecule has 2 N–H and O–H groups in total. The predicted molar refractivity (Wildman–Crippen MR) is 124 cm³/mol. The van der Waals surface area contributed by atoms with Crippen molar-refractivity contribution in [2.75, 3.05) is 17.2 Å². The number of nitrogens with one attached hydrogen (secondary N) is 2. The van der Waals surface area contributed by atoms with Gasteiger partial charge in [0.1, 0.15) is 22.9 Å². The van der Waals surface area contributed by atoms with Crippen molar-refractivity contribution in [2.24, 2.45) is 0 Å². The Morgan fingerprint density at radius 1 is 0.871 bits per heavy atom. The van der Waals surface area contributed by atoms with E-state index >= 15 is 0 Å². The third kappa shape index (κ3) is 5.61. The van der Waals surface area contributed by atoms with Crippen molar-refractivity contribution >= 4 is 33.8 Å². The Labute approximate surface area is 184 Å². The molecule has 0 atom stereocenters. The molecule has 0 unspecified atom stereocenters. The van der Waals surface area contributed by atoms with E-state index in [0.29, 0.717) is 28.9 Å². The van der Waals surface area contributed by atoms with Gasteiger partial charge in [0.05, 0.1) is 6.61 Å². The Hall–Kier alpha value is -3.84. The molecule has 4 aromatic rings. The lowest BCUT2D eigenvalue weighted by molar-refractivity contribution is 0.102. The molecule has 6 nitrogen and oxygen atoms in total. The first-order valence-electron chi connectivity index (χ1n) is 9.79. The zero-order valence-corrected chi connectivity index (χ0v) is 17.7. The molecule has 1 aromatic heterocycles. The number of hydrogen-bond donors (Lipinski definition) is 2. The molecular formula is C24H21N3O3S. The molecule has 3 aromatic carbocycles. The standard InChI is InChI=1S/C24H21N3O3S/c1-2-29-19-12-8-18(9-13-19)26-24-27-22(16-31-24)23(28)25-17-10-14-21(15-11-17)30-20-6-4-3-5-7-20/h3-16H,2H2,1H3,(H,25,28)(H,26,27). The van der Waals surface area contributed by atoms with Gasteiger partial charge in [0.25, 0.3) is 5.91 Å². The summed E-state index contributed by atoms with van der Waals surface area (Å²) in [5, 5.41) is 8.41. The van der Waals surface area contributed by atoms with Gasteiger partial charge >= 0.3 is 0 Å². The number of ether oxygens (including phenoxy) is 2. The molecular weight excluding hydrogens is 410 g/mol. The zero-order valence-electron chi connectivity index (χ0n) is 16.9. The van der Waals surface area contributed by atoms with Crippen LogP contribution >= 0.6 is 11.3 Å². The van der Waals surface area contributed by atoms with Crippen LogP contribution in [0.3, 0.4) is 0 Å². The Morgan fingerprint density at radius 2 is 1.52 bits per heavy atom. The lowest BCUT2D eigenvalue weighted by Gasteiger charge is -2.07. The summed E-state index contributed by atoms with van der Waals surface area (Å²) >= 11 is 1.37. The van der Waals surface area contributed by atoms with Crippen LogP contribution < -0.4 is 20.1 Å². The highest BCUT2D eigenvalue weighted by atomic mass is 32.1. The molecule has 0 bridgehead atoms. The summed E-state index contributed by atoms with van der Waals surface area (Å²) in [5.74, 6) is 1.99. The number of anilines is 3. The zero-order chi connectivity index (χ0) is 21.5. The lowest BCUT2D eigenvalue weighted by Crippen LogP contribution is -2.12. The van der Waals surface area contributed by atoms with Crippen LogP contribution in [-0.2, 0) is 0 Å². The van der Waals surface area contributed by atoms with Gasteiger partial charge < -0.3 is 20.1 Å². The first-order valence-corrected chi connectivity index (χ1v) is 10.7. The van der Waals surface area contributed by atoms with Crippen molar-refractivity contribution in [1.29, 1.82) is 0 Å². The van der Waals surface area contributed by atoms with E-state index in [-0.39, 0.29) is 5.91 Å². The maximum absolute atomic E-state index is 12.5. The fraction of sp³-hybridized carbons (Fsp3) is 0.0833. The molecule has 0 aliphatic rings. The fourth-order valence-electron chi connectivity index (χ4n) is 2.79. The Kier molecular flexibility index (Phi) is 6.44. The predicted octanol–water partition coefficient (Wildman–Crippen LogP) is 6.33. The van der Waals surface area contributed by atoms with Crippen LogP contribution in [-0.4, -0.2) is 17.5 Å². The number of thiazole rings is 1. The summed E-state index contributed by atoms with van der Waals surface area (Å²) in [6.45, 7) is 2.57. The van der Waals surface area contributed by atoms with Crippen LogP contribution in [0.15, 0.2) is 84.2 Å². The van der Waals surface area contributed by atoms with Crippen molar-refractivity contribution in [2.45, 2.75) is 6.92 Å². The molecule has 0 spiro atoms. The first-order chi connectivity index (χ1) is 15.2. The van der Waals surface area contributed by atoms with Crippen molar-refractivity contribution in [3.8, 4) is 17.2 Å². The van der Waals surface area contributed by atoms with Crippen LogP contribution in [0, 0.1) is 0 Å². The van der Waals surface area contributed by atoms with E-state index in [1.807, 2.05) is 73.7 Å². The van der Waals surface area contributed by atoms with Gasteiger partial charge in [0.15, 0.2) is 5.13 Å². The molecule has 0 saturated heterocycles. The molecule has 31 heavy (non-hydrogen) atoms. The summed E-state index contributed by atoms with van der Waals surface area (Å²) in [5.41, 5.74) is 1.89. The summed E-state index contributed by atoms with van der Waals surface area (Å²) in [4.78, 5) is 16.9. The number of carbonyl (C=O) groups excluding carboxylic acids is 1. The summed E-state index contributed by atoms with van der Waals surface area (Å²) in [6, 6.07) is 24.3. The van der Waals surface area contributed by atoms with E-state index in [4.69, 9.17) is 9.47 Å². The number of nitrogens with zero attached hydrogens (tertiary/aromatic N) is 1. The van der Waals surface area contributed by atoms with Gasteiger partial charge in [0.2, 0.25) is 0 Å². The largest absolute Gasteiger partial charge is 0.494 e. The van der Waals surface area contributed by atoms with Crippen LogP contribution in [0.25, 0.3) is 0 Å². The minimum Gasteiger partial charge on any atom is -0.494 e. The summed E-state index contributed by atoms with van der Waals surface area (Å²) < 4.78 is 11.2. The number of amides is 1. The van der Waals surface area contributed by atoms with E-state index in [1.165, 1.54) is 11.3 Å². The van der Waals surface area contributed by atoms with Crippen molar-refractivity contribution in [3.05, 3.63) is 89.9 Å². The highest BCUT2D eigenvalue weighted by Gasteiger charge is 2.11. The molecule has 0 fully saturated rings. The molecule has 156 valence electrons. The highest BCUT2D eigenvalue weighted by Crippen LogP contribution is 2.25. The highest BCUT2D eigenvalue weighted by molar-refractivity contribution is 7.14. The molecule has 0 aliphatic heterocycles. The average Bonchev–Trinajstić information content (AvgIpc) is 3.26. The van der Waals surface area contributed by atoms with Gasteiger partial charge in [-0.05, 0) is 67.6 Å². The van der Waals surface area contributed by atoms with E-state index < -0.39 is 0 Å². The number of carbonyl (C=O) groups is 1. The third-order valence-electron chi connectivity index (χ3n) is 4.24. The number of aromatic nitrogens is 1. The Bertz CT molecular complexity index is 1130. The molecule has 1 amide bonds. The van der Waals surface area contributed by atoms with Crippen molar-refractivity contribution < 1.29 is 14.3 Å². The number of hydrogen-bond acceptors (Lipinski definition) is 6. The van der Waals surface area contributed by atoms with E-state index in [1.54, 1.807) is 17.5 Å². The first kappa shape index (κ1) is 20.4. The SMILES string of the molecule is CCOc1ccc(Nc2nc(C(=O)Nc3ccc(Oc4ccccc4)cc3)cs2)cc1. The molecule has 1 heterocycles. The monoisotopic (exact) mass is 431 g/mol. The van der Waals surface area contributed by atoms with Crippen LogP contribution in [0.4, 0.5) is 16.5 Å². The Balaban J connectivity index is 1.34. The van der Waals surface area contributed by atoms with E-state index in [0.717, 1.165) is 17.2 Å². The topological polar surface area (TPSA) is 72.5 Å². The van der Waals surface area contributed by atoms with Crippen LogP contribution in [0.2, 0.25) is 0 Å². The summed E-state index contributed by atoms with van der Waals surface area (Å²) in [6.07, 6.45) is 0. The van der Waals surface area contributed by atoms with E-state index in [9.17, 15) is 4.79 Å². The van der Waals surface area contributed by atoms with Gasteiger partial charge in [-0.25, -0.2) is 4.98 Å². The maximum Gasteiger partial charge on any atom is 0.275 e. The van der Waals surface area contributed by atoms with Gasteiger partial charge in [-0.3, -0.25) is 4.79 Å². The minimum absolute atomic E-state index is 0.271. The Morgan fingerprint density at radius 3 is 2.23 bits per heavy atom. The minimum atomic E-state index is -0.271. The van der Waals surface area contributed by atoms with E-state index in [2.05, 4.69) is 15.6 Å². The maximum atomic E-state index is 12.5. The number of rotatable bonds is 8. The summed E-state index contributed by atoms with van der Waals surface area (Å²) in [7, 11) is 0. The number of para-hydroxylation sites is 1. The van der Waals surface area contributed by atoms with Crippen molar-refractivity contribution in [3.63, 3.8) is 0 Å².